The van der Waals surface area contributed by atoms with Crippen LogP contribution in [0.15, 0.2) is 22.6 Å². The number of anilines is 1. The standard InChI is InChI=1S/C14H19N3O3S/c15-14-13-11(16-21(18,19)17-14)7-4-8-12(13)20-9-10-5-2-1-3-6-10/h4,7-8,10,16H,1-3,5-6,9H2,(H2,15,17). The molecule has 0 bridgehead atoms. The van der Waals surface area contributed by atoms with Crippen LogP contribution in [0, 0.1) is 5.92 Å². The van der Waals surface area contributed by atoms with Gasteiger partial charge in [0.15, 0.2) is 5.84 Å². The van der Waals surface area contributed by atoms with E-state index >= 15 is 0 Å². The lowest BCUT2D eigenvalue weighted by Crippen LogP contribution is -2.27. The minimum atomic E-state index is -3.74. The number of nitrogens with zero attached hydrogens (tertiary/aromatic N) is 1. The highest BCUT2D eigenvalue weighted by Gasteiger charge is 2.24. The van der Waals surface area contributed by atoms with Gasteiger partial charge in [0.25, 0.3) is 0 Å². The minimum absolute atomic E-state index is 0.0250. The van der Waals surface area contributed by atoms with Gasteiger partial charge in [0.1, 0.15) is 5.75 Å². The van der Waals surface area contributed by atoms with Crippen LogP contribution in [0.3, 0.4) is 0 Å². The topological polar surface area (TPSA) is 93.8 Å². The first kappa shape index (κ1) is 14.2. The molecule has 1 saturated carbocycles. The van der Waals surface area contributed by atoms with Gasteiger partial charge < -0.3 is 10.5 Å². The molecule has 1 heterocycles. The SMILES string of the molecule is NC1=NS(=O)(=O)Nc2cccc(OCC3CCCCC3)c21. The first-order chi connectivity index (χ1) is 10.1. The summed E-state index contributed by atoms with van der Waals surface area (Å²) in [5, 5.41) is 0. The first-order valence-electron chi connectivity index (χ1n) is 7.19. The molecule has 0 amide bonds. The molecule has 0 radical (unpaired) electrons. The molecule has 3 rings (SSSR count). The molecule has 0 saturated heterocycles. The summed E-state index contributed by atoms with van der Waals surface area (Å²) in [5.74, 6) is 1.12. The second-order valence-electron chi connectivity index (χ2n) is 5.55. The van der Waals surface area contributed by atoms with Gasteiger partial charge in [0, 0.05) is 0 Å². The summed E-state index contributed by atoms with van der Waals surface area (Å²) < 4.78 is 34.8. The van der Waals surface area contributed by atoms with Crippen LogP contribution in [0.1, 0.15) is 37.7 Å². The Balaban J connectivity index is 1.81. The molecule has 1 aromatic rings. The summed E-state index contributed by atoms with van der Waals surface area (Å²) in [7, 11) is -3.74. The van der Waals surface area contributed by atoms with E-state index in [1.54, 1.807) is 18.2 Å². The lowest BCUT2D eigenvalue weighted by atomic mass is 9.90. The maximum Gasteiger partial charge on any atom is 0.344 e. The lowest BCUT2D eigenvalue weighted by molar-refractivity contribution is 0.208. The zero-order chi connectivity index (χ0) is 14.9. The molecule has 3 N–H and O–H groups in total. The van der Waals surface area contributed by atoms with Crippen LogP contribution in [-0.2, 0) is 10.2 Å². The number of benzene rings is 1. The molecular formula is C14H19N3O3S. The van der Waals surface area contributed by atoms with E-state index < -0.39 is 10.2 Å². The zero-order valence-corrected chi connectivity index (χ0v) is 12.5. The van der Waals surface area contributed by atoms with Gasteiger partial charge >= 0.3 is 10.2 Å². The largest absolute Gasteiger partial charge is 0.492 e. The molecule has 0 aromatic heterocycles. The Bertz CT molecular complexity index is 664. The van der Waals surface area contributed by atoms with Crippen molar-refractivity contribution in [2.75, 3.05) is 11.3 Å². The van der Waals surface area contributed by atoms with Crippen molar-refractivity contribution in [3.05, 3.63) is 23.8 Å². The van der Waals surface area contributed by atoms with Gasteiger partial charge in [-0.15, -0.1) is 4.40 Å². The van der Waals surface area contributed by atoms with Crippen molar-refractivity contribution in [3.8, 4) is 5.75 Å². The number of hydrogen-bond acceptors (Lipinski definition) is 4. The van der Waals surface area contributed by atoms with E-state index in [2.05, 4.69) is 9.12 Å². The fourth-order valence-electron chi connectivity index (χ4n) is 2.90. The lowest BCUT2D eigenvalue weighted by Gasteiger charge is -2.23. The van der Waals surface area contributed by atoms with Crippen LogP contribution in [0.4, 0.5) is 5.69 Å². The average Bonchev–Trinajstić information content (AvgIpc) is 2.44. The third kappa shape index (κ3) is 3.12. The number of amidine groups is 1. The van der Waals surface area contributed by atoms with Crippen LogP contribution >= 0.6 is 0 Å². The number of rotatable bonds is 3. The smallest absolute Gasteiger partial charge is 0.344 e. The highest BCUT2D eigenvalue weighted by molar-refractivity contribution is 7.91. The maximum atomic E-state index is 11.5. The second kappa shape index (κ2) is 5.55. The molecule has 21 heavy (non-hydrogen) atoms. The maximum absolute atomic E-state index is 11.5. The highest BCUT2D eigenvalue weighted by Crippen LogP contribution is 2.31. The summed E-state index contributed by atoms with van der Waals surface area (Å²) in [6, 6.07) is 5.20. The quantitative estimate of drug-likeness (QED) is 0.893. The molecule has 1 aliphatic carbocycles. The van der Waals surface area contributed by atoms with Gasteiger partial charge in [-0.3, -0.25) is 4.72 Å². The van der Waals surface area contributed by atoms with Gasteiger partial charge in [0.2, 0.25) is 0 Å². The molecule has 6 nitrogen and oxygen atoms in total. The predicted molar refractivity (Wildman–Crippen MR) is 81.8 cm³/mol. The predicted octanol–water partition coefficient (Wildman–Crippen LogP) is 2.02. The Morgan fingerprint density at radius 3 is 2.81 bits per heavy atom. The molecule has 2 aliphatic rings. The fourth-order valence-corrected chi connectivity index (χ4v) is 3.74. The van der Waals surface area contributed by atoms with Crippen LogP contribution < -0.4 is 15.2 Å². The van der Waals surface area contributed by atoms with E-state index in [4.69, 9.17) is 10.5 Å². The molecule has 114 valence electrons. The molecule has 1 aromatic carbocycles. The Morgan fingerprint density at radius 2 is 2.05 bits per heavy atom. The van der Waals surface area contributed by atoms with E-state index in [9.17, 15) is 8.42 Å². The van der Waals surface area contributed by atoms with Crippen molar-refractivity contribution in [1.29, 1.82) is 0 Å². The van der Waals surface area contributed by atoms with Gasteiger partial charge in [-0.25, -0.2) is 0 Å². The Labute approximate surface area is 124 Å². The summed E-state index contributed by atoms with van der Waals surface area (Å²) >= 11 is 0. The monoisotopic (exact) mass is 309 g/mol. The highest BCUT2D eigenvalue weighted by atomic mass is 32.2. The fraction of sp³-hybridized carbons (Fsp3) is 0.500. The van der Waals surface area contributed by atoms with Crippen LogP contribution in [0.2, 0.25) is 0 Å². The second-order valence-corrected chi connectivity index (χ2v) is 6.88. The van der Waals surface area contributed by atoms with Crippen molar-refractivity contribution in [1.82, 2.24) is 0 Å². The Morgan fingerprint density at radius 1 is 1.29 bits per heavy atom. The van der Waals surface area contributed by atoms with E-state index in [0.29, 0.717) is 29.5 Å². The van der Waals surface area contributed by atoms with E-state index in [-0.39, 0.29) is 5.84 Å². The molecule has 0 unspecified atom stereocenters. The van der Waals surface area contributed by atoms with Gasteiger partial charge in [0.05, 0.1) is 17.9 Å². The van der Waals surface area contributed by atoms with Gasteiger partial charge in [-0.05, 0) is 30.9 Å². The van der Waals surface area contributed by atoms with Crippen molar-refractivity contribution in [2.45, 2.75) is 32.1 Å². The van der Waals surface area contributed by atoms with Crippen molar-refractivity contribution >= 4 is 21.7 Å². The first-order valence-corrected chi connectivity index (χ1v) is 8.63. The van der Waals surface area contributed by atoms with Gasteiger partial charge in [-0.1, -0.05) is 25.3 Å². The number of ether oxygens (including phenoxy) is 1. The third-order valence-electron chi connectivity index (χ3n) is 3.94. The van der Waals surface area contributed by atoms with Crippen molar-refractivity contribution < 1.29 is 13.2 Å². The van der Waals surface area contributed by atoms with E-state index in [0.717, 1.165) is 0 Å². The molecule has 1 fully saturated rings. The molecule has 1 aliphatic heterocycles. The van der Waals surface area contributed by atoms with E-state index in [1.807, 2.05) is 0 Å². The Hall–Kier alpha value is -1.76. The van der Waals surface area contributed by atoms with Crippen LogP contribution in [0.5, 0.6) is 5.75 Å². The minimum Gasteiger partial charge on any atom is -0.492 e. The van der Waals surface area contributed by atoms with E-state index in [1.165, 1.54) is 32.1 Å². The van der Waals surface area contributed by atoms with Crippen molar-refractivity contribution in [3.63, 3.8) is 0 Å². The Kier molecular flexibility index (Phi) is 3.75. The molecule has 7 heteroatoms. The number of hydrogen-bond donors (Lipinski definition) is 2. The van der Waals surface area contributed by atoms with Crippen molar-refractivity contribution in [2.24, 2.45) is 16.0 Å². The number of fused-ring (bicyclic) bond motifs is 1. The molecular weight excluding hydrogens is 290 g/mol. The summed E-state index contributed by atoms with van der Waals surface area (Å²) in [6.45, 7) is 0.635. The normalized spacial score (nSPS) is 21.0. The third-order valence-corrected chi connectivity index (χ3v) is 4.85. The molecule has 0 spiro atoms. The summed E-state index contributed by atoms with van der Waals surface area (Å²) in [4.78, 5) is 0. The number of nitrogens with two attached hydrogens (primary N) is 1. The van der Waals surface area contributed by atoms with Crippen LogP contribution in [-0.4, -0.2) is 20.9 Å². The molecule has 0 atom stereocenters. The average molecular weight is 309 g/mol. The summed E-state index contributed by atoms with van der Waals surface area (Å²) in [5.41, 5.74) is 6.73. The van der Waals surface area contributed by atoms with Crippen LogP contribution in [0.25, 0.3) is 0 Å². The van der Waals surface area contributed by atoms with Gasteiger partial charge in [-0.2, -0.15) is 8.42 Å². The summed E-state index contributed by atoms with van der Waals surface area (Å²) in [6.07, 6.45) is 6.18. The number of nitrogens with one attached hydrogen (secondary N) is 1. The zero-order valence-electron chi connectivity index (χ0n) is 11.7.